The van der Waals surface area contributed by atoms with Crippen molar-refractivity contribution >= 4 is 16.8 Å². The number of aryl methyl sites for hydroxylation is 1. The summed E-state index contributed by atoms with van der Waals surface area (Å²) in [7, 11) is 0. The molecule has 0 amide bonds. The summed E-state index contributed by atoms with van der Waals surface area (Å²) in [5.74, 6) is 1.73. The highest BCUT2D eigenvalue weighted by Crippen LogP contribution is 2.39. The summed E-state index contributed by atoms with van der Waals surface area (Å²) in [5.41, 5.74) is 2.12. The van der Waals surface area contributed by atoms with Crippen molar-refractivity contribution in [3.05, 3.63) is 35.6 Å². The average Bonchev–Trinajstić information content (AvgIpc) is 2.85. The second-order valence-electron chi connectivity index (χ2n) is 5.04. The quantitative estimate of drug-likeness (QED) is 0.742. The Hall–Kier alpha value is -1.57. The van der Waals surface area contributed by atoms with E-state index in [1.165, 1.54) is 0 Å². The van der Waals surface area contributed by atoms with Crippen LogP contribution < -0.4 is 0 Å². The fraction of sp³-hybridized carbons (Fsp3) is 0.400. The van der Waals surface area contributed by atoms with Crippen LogP contribution in [0.5, 0.6) is 0 Å². The van der Waals surface area contributed by atoms with E-state index in [-0.39, 0.29) is 11.8 Å². The van der Waals surface area contributed by atoms with Gasteiger partial charge >= 0.3 is 0 Å². The van der Waals surface area contributed by atoms with Gasteiger partial charge in [0, 0.05) is 23.6 Å². The number of para-hydroxylation sites is 1. The van der Waals surface area contributed by atoms with Crippen LogP contribution in [-0.2, 0) is 4.79 Å². The molecule has 1 heterocycles. The molecule has 1 aromatic heterocycles. The van der Waals surface area contributed by atoms with Crippen molar-refractivity contribution in [3.8, 4) is 0 Å². The van der Waals surface area contributed by atoms with E-state index >= 15 is 0 Å². The standard InChI is InChI=1S/C15H16O2/c1-9-4-3-5-11-8-14(17-15(9)11)12-6-7-13(16)10(12)2/h3-5,8,10,12H,6-7H2,1-2H3. The Morgan fingerprint density at radius 1 is 1.35 bits per heavy atom. The van der Waals surface area contributed by atoms with Gasteiger partial charge in [0.1, 0.15) is 17.1 Å². The lowest BCUT2D eigenvalue weighted by atomic mass is 9.95. The smallest absolute Gasteiger partial charge is 0.137 e. The van der Waals surface area contributed by atoms with Gasteiger partial charge in [0.25, 0.3) is 0 Å². The van der Waals surface area contributed by atoms with Crippen LogP contribution >= 0.6 is 0 Å². The molecule has 2 unspecified atom stereocenters. The van der Waals surface area contributed by atoms with Crippen LogP contribution in [-0.4, -0.2) is 5.78 Å². The lowest BCUT2D eigenvalue weighted by molar-refractivity contribution is -0.120. The van der Waals surface area contributed by atoms with Gasteiger partial charge in [-0.2, -0.15) is 0 Å². The van der Waals surface area contributed by atoms with Crippen molar-refractivity contribution < 1.29 is 9.21 Å². The minimum absolute atomic E-state index is 0.107. The predicted molar refractivity (Wildman–Crippen MR) is 67.1 cm³/mol. The Labute approximate surface area is 101 Å². The van der Waals surface area contributed by atoms with Crippen molar-refractivity contribution in [2.75, 3.05) is 0 Å². The molecular weight excluding hydrogens is 212 g/mol. The molecule has 0 spiro atoms. The number of benzene rings is 1. The highest BCUT2D eigenvalue weighted by molar-refractivity contribution is 5.85. The fourth-order valence-corrected chi connectivity index (χ4v) is 2.80. The third-order valence-electron chi connectivity index (χ3n) is 3.94. The second-order valence-corrected chi connectivity index (χ2v) is 5.04. The van der Waals surface area contributed by atoms with Crippen LogP contribution in [0.1, 0.15) is 37.0 Å². The predicted octanol–water partition coefficient (Wildman–Crippen LogP) is 3.82. The zero-order chi connectivity index (χ0) is 12.0. The highest BCUT2D eigenvalue weighted by atomic mass is 16.3. The molecule has 1 fully saturated rings. The largest absolute Gasteiger partial charge is 0.460 e. The molecule has 2 aromatic rings. The number of hydrogen-bond donors (Lipinski definition) is 0. The molecule has 88 valence electrons. The number of fused-ring (bicyclic) bond motifs is 1. The van der Waals surface area contributed by atoms with Crippen molar-refractivity contribution in [2.45, 2.75) is 32.6 Å². The van der Waals surface area contributed by atoms with Crippen LogP contribution in [0.2, 0.25) is 0 Å². The molecule has 1 saturated carbocycles. The number of Topliss-reactive ketones (excluding diaryl/α,β-unsaturated/α-hetero) is 1. The van der Waals surface area contributed by atoms with E-state index in [0.717, 1.165) is 28.7 Å². The normalized spacial score (nSPS) is 24.7. The van der Waals surface area contributed by atoms with E-state index in [4.69, 9.17) is 4.42 Å². The number of carbonyl (C=O) groups is 1. The van der Waals surface area contributed by atoms with Gasteiger partial charge in [-0.05, 0) is 25.0 Å². The molecule has 1 aromatic carbocycles. The first-order valence-corrected chi connectivity index (χ1v) is 6.18. The lowest BCUT2D eigenvalue weighted by Crippen LogP contribution is -2.07. The van der Waals surface area contributed by atoms with Gasteiger partial charge in [-0.3, -0.25) is 4.79 Å². The molecule has 0 radical (unpaired) electrons. The molecule has 3 rings (SSSR count). The van der Waals surface area contributed by atoms with Gasteiger partial charge in [0.05, 0.1) is 0 Å². The minimum Gasteiger partial charge on any atom is -0.460 e. The number of carbonyl (C=O) groups excluding carboxylic acids is 1. The summed E-state index contributed by atoms with van der Waals surface area (Å²) in [6.45, 7) is 4.07. The zero-order valence-electron chi connectivity index (χ0n) is 10.2. The Balaban J connectivity index is 2.07. The summed E-state index contributed by atoms with van der Waals surface area (Å²) in [6.07, 6.45) is 1.63. The molecule has 0 aliphatic heterocycles. The van der Waals surface area contributed by atoms with Crippen LogP contribution in [0.4, 0.5) is 0 Å². The van der Waals surface area contributed by atoms with E-state index in [9.17, 15) is 4.79 Å². The van der Waals surface area contributed by atoms with Crippen molar-refractivity contribution in [2.24, 2.45) is 5.92 Å². The maximum absolute atomic E-state index is 11.6. The molecule has 1 aliphatic rings. The highest BCUT2D eigenvalue weighted by Gasteiger charge is 2.34. The first kappa shape index (κ1) is 10.6. The van der Waals surface area contributed by atoms with Crippen molar-refractivity contribution in [1.29, 1.82) is 0 Å². The van der Waals surface area contributed by atoms with E-state index in [2.05, 4.69) is 25.1 Å². The number of hydrogen-bond acceptors (Lipinski definition) is 2. The summed E-state index contributed by atoms with van der Waals surface area (Å²) in [6, 6.07) is 8.26. The van der Waals surface area contributed by atoms with E-state index in [1.807, 2.05) is 13.0 Å². The maximum atomic E-state index is 11.6. The summed E-state index contributed by atoms with van der Waals surface area (Å²) in [4.78, 5) is 11.6. The van der Waals surface area contributed by atoms with Gasteiger partial charge in [-0.15, -0.1) is 0 Å². The zero-order valence-corrected chi connectivity index (χ0v) is 10.2. The molecule has 2 nitrogen and oxygen atoms in total. The maximum Gasteiger partial charge on any atom is 0.137 e. The lowest BCUT2D eigenvalue weighted by Gasteiger charge is -2.10. The topological polar surface area (TPSA) is 30.2 Å². The summed E-state index contributed by atoms with van der Waals surface area (Å²) >= 11 is 0. The van der Waals surface area contributed by atoms with E-state index in [1.54, 1.807) is 0 Å². The molecule has 1 aliphatic carbocycles. The van der Waals surface area contributed by atoms with Gasteiger partial charge < -0.3 is 4.42 Å². The van der Waals surface area contributed by atoms with Crippen LogP contribution in [0.15, 0.2) is 28.7 Å². The van der Waals surface area contributed by atoms with E-state index < -0.39 is 0 Å². The summed E-state index contributed by atoms with van der Waals surface area (Å²) < 4.78 is 5.95. The monoisotopic (exact) mass is 228 g/mol. The third-order valence-corrected chi connectivity index (χ3v) is 3.94. The van der Waals surface area contributed by atoms with Gasteiger partial charge in [0.15, 0.2) is 0 Å². The molecule has 17 heavy (non-hydrogen) atoms. The Bertz CT molecular complexity index is 580. The average molecular weight is 228 g/mol. The second kappa shape index (κ2) is 3.73. The van der Waals surface area contributed by atoms with Gasteiger partial charge in [0.2, 0.25) is 0 Å². The molecule has 0 N–H and O–H groups in total. The number of rotatable bonds is 1. The summed E-state index contributed by atoms with van der Waals surface area (Å²) in [5, 5.41) is 1.14. The first-order valence-electron chi connectivity index (χ1n) is 6.18. The Kier molecular flexibility index (Phi) is 2.32. The Morgan fingerprint density at radius 3 is 2.82 bits per heavy atom. The SMILES string of the molecule is Cc1cccc2cc(C3CCC(=O)C3C)oc12. The number of furan rings is 1. The molecule has 2 heteroatoms. The molecule has 2 atom stereocenters. The van der Waals surface area contributed by atoms with Crippen LogP contribution in [0, 0.1) is 12.8 Å². The molecular formula is C15H16O2. The van der Waals surface area contributed by atoms with Crippen molar-refractivity contribution in [1.82, 2.24) is 0 Å². The fourth-order valence-electron chi connectivity index (χ4n) is 2.80. The van der Waals surface area contributed by atoms with Gasteiger partial charge in [-0.25, -0.2) is 0 Å². The molecule has 0 saturated heterocycles. The molecule has 0 bridgehead atoms. The number of ketones is 1. The van der Waals surface area contributed by atoms with Crippen LogP contribution in [0.25, 0.3) is 11.0 Å². The van der Waals surface area contributed by atoms with E-state index in [0.29, 0.717) is 12.2 Å². The minimum atomic E-state index is 0.107. The van der Waals surface area contributed by atoms with Crippen molar-refractivity contribution in [3.63, 3.8) is 0 Å². The Morgan fingerprint density at radius 2 is 2.18 bits per heavy atom. The van der Waals surface area contributed by atoms with Gasteiger partial charge in [-0.1, -0.05) is 25.1 Å². The third kappa shape index (κ3) is 1.59. The first-order chi connectivity index (χ1) is 8.16. The van der Waals surface area contributed by atoms with Crippen LogP contribution in [0.3, 0.4) is 0 Å².